The van der Waals surface area contributed by atoms with Crippen LogP contribution >= 0.6 is 0 Å². The molecule has 0 saturated carbocycles. The van der Waals surface area contributed by atoms with Crippen LogP contribution in [0.25, 0.3) is 11.0 Å². The molecule has 0 bridgehead atoms. The van der Waals surface area contributed by atoms with Crippen LogP contribution < -0.4 is 9.80 Å². The molecule has 2 saturated heterocycles. The molecule has 5 rings (SSSR count). The molecule has 33 heavy (non-hydrogen) atoms. The molecule has 2 aliphatic heterocycles. The van der Waals surface area contributed by atoms with Crippen LogP contribution in [0.4, 0.5) is 11.6 Å². The third-order valence-corrected chi connectivity index (χ3v) is 6.98. The van der Waals surface area contributed by atoms with Gasteiger partial charge in [-0.1, -0.05) is 12.1 Å². The molecule has 0 radical (unpaired) electrons. The average Bonchev–Trinajstić information content (AvgIpc) is 3.13. The van der Waals surface area contributed by atoms with Crippen molar-refractivity contribution in [3.05, 3.63) is 54.1 Å². The van der Waals surface area contributed by atoms with Crippen molar-refractivity contribution in [2.45, 2.75) is 26.3 Å². The molecule has 2 aliphatic rings. The molecular weight excluding hydrogens is 412 g/mol. The van der Waals surface area contributed by atoms with E-state index in [1.807, 2.05) is 41.3 Å². The highest BCUT2D eigenvalue weighted by Crippen LogP contribution is 2.21. The van der Waals surface area contributed by atoms with Gasteiger partial charge in [-0.2, -0.15) is 0 Å². The number of hydrogen-bond acceptors (Lipinski definition) is 5. The largest absolute Gasteiger partial charge is 0.369 e. The van der Waals surface area contributed by atoms with Crippen LogP contribution in [0.2, 0.25) is 0 Å². The standard InChI is InChI=1S/C26H34N6O/c1-20(2)29-14-16-30(17-15-29)22-10-8-21(9-11-22)25(33)31-12-5-13-32(19-18-31)26-27-23-6-3-4-7-24(23)28-26/h3-4,6-11,20H,5,12-19H2,1-2H3,(H,27,28). The van der Waals surface area contributed by atoms with E-state index < -0.39 is 0 Å². The number of carbonyl (C=O) groups excluding carboxylic acids is 1. The van der Waals surface area contributed by atoms with Gasteiger partial charge in [-0.25, -0.2) is 4.98 Å². The Morgan fingerprint density at radius 1 is 0.848 bits per heavy atom. The molecule has 0 aliphatic carbocycles. The number of hydrogen-bond donors (Lipinski definition) is 1. The fourth-order valence-corrected chi connectivity index (χ4v) is 4.92. The average molecular weight is 447 g/mol. The maximum atomic E-state index is 13.2. The summed E-state index contributed by atoms with van der Waals surface area (Å²) >= 11 is 0. The van der Waals surface area contributed by atoms with Gasteiger partial charge in [0, 0.05) is 69.7 Å². The lowest BCUT2D eigenvalue weighted by atomic mass is 10.1. The van der Waals surface area contributed by atoms with E-state index in [1.54, 1.807) is 0 Å². The van der Waals surface area contributed by atoms with E-state index in [4.69, 9.17) is 4.98 Å². The van der Waals surface area contributed by atoms with E-state index >= 15 is 0 Å². The molecule has 174 valence electrons. The van der Waals surface area contributed by atoms with Gasteiger partial charge in [0.25, 0.3) is 5.91 Å². The molecule has 1 N–H and O–H groups in total. The summed E-state index contributed by atoms with van der Waals surface area (Å²) in [6.07, 6.45) is 0.932. The number of benzene rings is 2. The Morgan fingerprint density at radius 2 is 1.58 bits per heavy atom. The number of fused-ring (bicyclic) bond motifs is 1. The Hall–Kier alpha value is -3.06. The van der Waals surface area contributed by atoms with Crippen molar-refractivity contribution in [1.82, 2.24) is 19.8 Å². The number of aromatic amines is 1. The Balaban J connectivity index is 1.20. The Labute approximate surface area is 196 Å². The third kappa shape index (κ3) is 4.69. The predicted molar refractivity (Wildman–Crippen MR) is 134 cm³/mol. The minimum absolute atomic E-state index is 0.123. The summed E-state index contributed by atoms with van der Waals surface area (Å²) < 4.78 is 0. The number of anilines is 2. The first-order valence-corrected chi connectivity index (χ1v) is 12.2. The van der Waals surface area contributed by atoms with Crippen LogP contribution in [0.3, 0.4) is 0 Å². The van der Waals surface area contributed by atoms with Crippen LogP contribution in [-0.2, 0) is 0 Å². The highest BCUT2D eigenvalue weighted by molar-refractivity contribution is 5.94. The summed E-state index contributed by atoms with van der Waals surface area (Å²) in [4.78, 5) is 30.5. The Morgan fingerprint density at radius 3 is 2.30 bits per heavy atom. The number of carbonyl (C=O) groups is 1. The van der Waals surface area contributed by atoms with Gasteiger partial charge in [0.2, 0.25) is 5.95 Å². The number of para-hydroxylation sites is 2. The van der Waals surface area contributed by atoms with E-state index in [0.717, 1.165) is 74.8 Å². The van der Waals surface area contributed by atoms with Gasteiger partial charge in [-0.15, -0.1) is 0 Å². The van der Waals surface area contributed by atoms with Gasteiger partial charge in [0.15, 0.2) is 0 Å². The summed E-state index contributed by atoms with van der Waals surface area (Å²) in [5, 5.41) is 0. The van der Waals surface area contributed by atoms with Crippen molar-refractivity contribution in [3.8, 4) is 0 Å². The van der Waals surface area contributed by atoms with Gasteiger partial charge in [-0.05, 0) is 56.7 Å². The van der Waals surface area contributed by atoms with Crippen LogP contribution in [0.1, 0.15) is 30.6 Å². The predicted octanol–water partition coefficient (Wildman–Crippen LogP) is 3.45. The highest BCUT2D eigenvalue weighted by atomic mass is 16.2. The topological polar surface area (TPSA) is 58.7 Å². The summed E-state index contributed by atoms with van der Waals surface area (Å²) in [6, 6.07) is 16.9. The van der Waals surface area contributed by atoms with E-state index in [2.05, 4.69) is 45.7 Å². The maximum Gasteiger partial charge on any atom is 0.253 e. The summed E-state index contributed by atoms with van der Waals surface area (Å²) in [6.45, 7) is 11.9. The van der Waals surface area contributed by atoms with Gasteiger partial charge in [-0.3, -0.25) is 9.69 Å². The molecule has 1 amide bonds. The lowest BCUT2D eigenvalue weighted by Gasteiger charge is -2.38. The first-order valence-electron chi connectivity index (χ1n) is 12.2. The molecule has 1 aromatic heterocycles. The van der Waals surface area contributed by atoms with Crippen LogP contribution in [0.5, 0.6) is 0 Å². The molecule has 2 aromatic carbocycles. The number of piperazine rings is 1. The van der Waals surface area contributed by atoms with Crippen molar-refractivity contribution in [2.24, 2.45) is 0 Å². The normalized spacial score (nSPS) is 18.2. The van der Waals surface area contributed by atoms with Crippen molar-refractivity contribution in [1.29, 1.82) is 0 Å². The smallest absolute Gasteiger partial charge is 0.253 e. The Bertz CT molecular complexity index is 1050. The molecule has 0 atom stereocenters. The molecule has 0 unspecified atom stereocenters. The molecule has 7 nitrogen and oxygen atoms in total. The number of rotatable bonds is 4. The fraction of sp³-hybridized carbons (Fsp3) is 0.462. The fourth-order valence-electron chi connectivity index (χ4n) is 4.92. The maximum absolute atomic E-state index is 13.2. The summed E-state index contributed by atoms with van der Waals surface area (Å²) in [5.74, 6) is 1.02. The number of aromatic nitrogens is 2. The van der Waals surface area contributed by atoms with E-state index in [0.29, 0.717) is 12.6 Å². The van der Waals surface area contributed by atoms with Gasteiger partial charge < -0.3 is 19.7 Å². The van der Waals surface area contributed by atoms with Crippen molar-refractivity contribution < 1.29 is 4.79 Å². The number of nitrogens with zero attached hydrogens (tertiary/aromatic N) is 5. The van der Waals surface area contributed by atoms with Crippen LogP contribution in [0, 0.1) is 0 Å². The third-order valence-electron chi connectivity index (χ3n) is 6.98. The lowest BCUT2D eigenvalue weighted by molar-refractivity contribution is 0.0767. The number of amides is 1. The van der Waals surface area contributed by atoms with E-state index in [-0.39, 0.29) is 5.91 Å². The van der Waals surface area contributed by atoms with Crippen LogP contribution in [0.15, 0.2) is 48.5 Å². The summed E-state index contributed by atoms with van der Waals surface area (Å²) in [7, 11) is 0. The zero-order valence-corrected chi connectivity index (χ0v) is 19.7. The molecule has 3 heterocycles. The second-order valence-corrected chi connectivity index (χ2v) is 9.37. The molecule has 3 aromatic rings. The SMILES string of the molecule is CC(C)N1CCN(c2ccc(C(=O)N3CCCN(c4nc5ccccc5[nH]4)CC3)cc2)CC1. The first-order chi connectivity index (χ1) is 16.1. The molecule has 2 fully saturated rings. The quantitative estimate of drug-likeness (QED) is 0.665. The monoisotopic (exact) mass is 446 g/mol. The van der Waals surface area contributed by atoms with Gasteiger partial charge >= 0.3 is 0 Å². The number of H-pyrrole nitrogens is 1. The first kappa shape index (κ1) is 21.8. The highest BCUT2D eigenvalue weighted by Gasteiger charge is 2.23. The second kappa shape index (κ2) is 9.43. The van der Waals surface area contributed by atoms with Crippen molar-refractivity contribution in [3.63, 3.8) is 0 Å². The number of nitrogens with one attached hydrogen (secondary N) is 1. The molecular formula is C26H34N6O. The van der Waals surface area contributed by atoms with Crippen LogP contribution in [-0.4, -0.2) is 84.1 Å². The zero-order valence-electron chi connectivity index (χ0n) is 19.7. The van der Waals surface area contributed by atoms with E-state index in [9.17, 15) is 4.79 Å². The summed E-state index contributed by atoms with van der Waals surface area (Å²) in [5.41, 5.74) is 4.02. The minimum atomic E-state index is 0.123. The van der Waals surface area contributed by atoms with Crippen molar-refractivity contribution in [2.75, 3.05) is 62.2 Å². The molecule has 7 heteroatoms. The van der Waals surface area contributed by atoms with E-state index in [1.165, 1.54) is 5.69 Å². The minimum Gasteiger partial charge on any atom is -0.369 e. The van der Waals surface area contributed by atoms with Crippen molar-refractivity contribution >= 4 is 28.6 Å². The second-order valence-electron chi connectivity index (χ2n) is 9.37. The number of imidazole rings is 1. The Kier molecular flexibility index (Phi) is 6.22. The lowest BCUT2D eigenvalue weighted by Crippen LogP contribution is -2.48. The van der Waals surface area contributed by atoms with Gasteiger partial charge in [0.1, 0.15) is 0 Å². The van der Waals surface area contributed by atoms with Gasteiger partial charge in [0.05, 0.1) is 11.0 Å². The molecule has 0 spiro atoms. The zero-order chi connectivity index (χ0) is 22.8.